The molecule has 0 amide bonds. The van der Waals surface area contributed by atoms with Gasteiger partial charge in [0.2, 0.25) is 0 Å². The van der Waals surface area contributed by atoms with Gasteiger partial charge in [-0.25, -0.2) is 0 Å². The van der Waals surface area contributed by atoms with Crippen LogP contribution >= 0.6 is 24.2 Å². The second-order valence-corrected chi connectivity index (χ2v) is 6.19. The van der Waals surface area contributed by atoms with E-state index in [0.717, 1.165) is 34.7 Å². The summed E-state index contributed by atoms with van der Waals surface area (Å²) in [6.45, 7) is 0.859. The Kier molecular flexibility index (Phi) is 5.45. The van der Waals surface area contributed by atoms with E-state index in [9.17, 15) is 15.3 Å². The maximum Gasteiger partial charge on any atom is 0.157 e. The van der Waals surface area contributed by atoms with Gasteiger partial charge in [-0.2, -0.15) is 0 Å². The van der Waals surface area contributed by atoms with Crippen LogP contribution in [0.1, 0.15) is 17.2 Å². The van der Waals surface area contributed by atoms with Crippen LogP contribution < -0.4 is 5.32 Å². The Hall–Kier alpha value is -1.56. The van der Waals surface area contributed by atoms with E-state index in [2.05, 4.69) is 5.32 Å². The molecule has 0 saturated heterocycles. The van der Waals surface area contributed by atoms with Crippen LogP contribution in [-0.2, 0) is 6.42 Å². The first-order valence-corrected chi connectivity index (χ1v) is 7.82. The van der Waals surface area contributed by atoms with E-state index in [4.69, 9.17) is 0 Å². The molecule has 1 aliphatic heterocycles. The van der Waals surface area contributed by atoms with Gasteiger partial charge >= 0.3 is 0 Å². The quantitative estimate of drug-likeness (QED) is 0.510. The first kappa shape index (κ1) is 16.8. The predicted octanol–water partition coefficient (Wildman–Crippen LogP) is 3.20. The molecule has 0 aliphatic carbocycles. The molecule has 0 spiro atoms. The smallest absolute Gasteiger partial charge is 0.157 e. The van der Waals surface area contributed by atoms with Crippen LogP contribution in [0.25, 0.3) is 0 Å². The fourth-order valence-corrected chi connectivity index (χ4v) is 3.52. The minimum atomic E-state index is -0.0721. The molecule has 4 nitrogen and oxygen atoms in total. The second kappa shape index (κ2) is 7.13. The van der Waals surface area contributed by atoms with Crippen molar-refractivity contribution in [3.05, 3.63) is 47.5 Å². The zero-order valence-corrected chi connectivity index (χ0v) is 13.5. The molecule has 0 bridgehead atoms. The monoisotopic (exact) mass is 339 g/mol. The summed E-state index contributed by atoms with van der Waals surface area (Å²) in [5.74, 6) is 0.959. The Labute approximate surface area is 139 Å². The first-order chi connectivity index (χ1) is 10.1. The Morgan fingerprint density at radius 2 is 1.73 bits per heavy atom. The Morgan fingerprint density at radius 3 is 2.45 bits per heavy atom. The van der Waals surface area contributed by atoms with Gasteiger partial charge in [0.05, 0.1) is 0 Å². The van der Waals surface area contributed by atoms with Crippen LogP contribution in [0.2, 0.25) is 0 Å². The Morgan fingerprint density at radius 1 is 1.05 bits per heavy atom. The van der Waals surface area contributed by atoms with Crippen LogP contribution in [0.3, 0.4) is 0 Å². The van der Waals surface area contributed by atoms with Crippen molar-refractivity contribution in [3.63, 3.8) is 0 Å². The lowest BCUT2D eigenvalue weighted by Crippen LogP contribution is -2.31. The van der Waals surface area contributed by atoms with Crippen molar-refractivity contribution in [1.29, 1.82) is 0 Å². The topological polar surface area (TPSA) is 72.7 Å². The third kappa shape index (κ3) is 3.61. The van der Waals surface area contributed by atoms with Gasteiger partial charge in [0.1, 0.15) is 5.75 Å². The van der Waals surface area contributed by atoms with Crippen LogP contribution in [0.5, 0.6) is 17.2 Å². The summed E-state index contributed by atoms with van der Waals surface area (Å²) in [4.78, 5) is 1.09. The van der Waals surface area contributed by atoms with Crippen molar-refractivity contribution in [1.82, 2.24) is 5.32 Å². The SMILES string of the molecule is Cl.Oc1ccc(SCC2NCCc3cc(O)c(O)cc32)cc1. The largest absolute Gasteiger partial charge is 0.508 e. The summed E-state index contributed by atoms with van der Waals surface area (Å²) < 4.78 is 0. The van der Waals surface area contributed by atoms with Crippen LogP contribution in [0.4, 0.5) is 0 Å². The number of fused-ring (bicyclic) bond motifs is 1. The maximum atomic E-state index is 9.70. The molecule has 2 aromatic carbocycles. The molecule has 0 fully saturated rings. The summed E-state index contributed by atoms with van der Waals surface area (Å²) in [5, 5.41) is 32.0. The molecular weight excluding hydrogens is 322 g/mol. The lowest BCUT2D eigenvalue weighted by Gasteiger charge is -2.27. The zero-order valence-electron chi connectivity index (χ0n) is 11.8. The normalized spacial score (nSPS) is 16.6. The third-order valence-corrected chi connectivity index (χ3v) is 4.76. The molecule has 0 radical (unpaired) electrons. The molecule has 0 saturated carbocycles. The fourth-order valence-electron chi connectivity index (χ4n) is 2.54. The fraction of sp³-hybridized carbons (Fsp3) is 0.250. The van der Waals surface area contributed by atoms with Crippen LogP contribution in [0, 0.1) is 0 Å². The highest BCUT2D eigenvalue weighted by atomic mass is 35.5. The van der Waals surface area contributed by atoms with Gasteiger partial charge in [0.15, 0.2) is 11.5 Å². The van der Waals surface area contributed by atoms with Crippen molar-refractivity contribution in [2.45, 2.75) is 17.4 Å². The molecule has 1 heterocycles. The van der Waals surface area contributed by atoms with Crippen molar-refractivity contribution < 1.29 is 15.3 Å². The zero-order chi connectivity index (χ0) is 14.8. The molecule has 3 rings (SSSR count). The number of halogens is 1. The second-order valence-electron chi connectivity index (χ2n) is 5.10. The van der Waals surface area contributed by atoms with E-state index in [-0.39, 0.29) is 35.7 Å². The van der Waals surface area contributed by atoms with Gasteiger partial charge in [0, 0.05) is 16.7 Å². The highest BCUT2D eigenvalue weighted by Gasteiger charge is 2.21. The van der Waals surface area contributed by atoms with E-state index in [0.29, 0.717) is 0 Å². The number of hydrogen-bond acceptors (Lipinski definition) is 5. The molecule has 22 heavy (non-hydrogen) atoms. The van der Waals surface area contributed by atoms with E-state index >= 15 is 0 Å². The van der Waals surface area contributed by atoms with E-state index in [1.165, 1.54) is 0 Å². The van der Waals surface area contributed by atoms with Gasteiger partial charge in [-0.3, -0.25) is 0 Å². The average molecular weight is 340 g/mol. The first-order valence-electron chi connectivity index (χ1n) is 6.83. The number of hydrogen-bond donors (Lipinski definition) is 4. The number of nitrogens with one attached hydrogen (secondary N) is 1. The van der Waals surface area contributed by atoms with Gasteiger partial charge < -0.3 is 20.6 Å². The van der Waals surface area contributed by atoms with Gasteiger partial charge in [-0.15, -0.1) is 24.2 Å². The third-order valence-electron chi connectivity index (χ3n) is 3.65. The highest BCUT2D eigenvalue weighted by molar-refractivity contribution is 7.99. The van der Waals surface area contributed by atoms with Gasteiger partial charge in [-0.05, 0) is 60.5 Å². The molecule has 0 aromatic heterocycles. The van der Waals surface area contributed by atoms with Gasteiger partial charge in [-0.1, -0.05) is 0 Å². The lowest BCUT2D eigenvalue weighted by atomic mass is 9.94. The summed E-state index contributed by atoms with van der Waals surface area (Å²) in [5.41, 5.74) is 2.13. The minimum absolute atomic E-state index is 0. The van der Waals surface area contributed by atoms with Crippen LogP contribution in [-0.4, -0.2) is 27.6 Å². The molecule has 2 aromatic rings. The number of phenols is 3. The van der Waals surface area contributed by atoms with Crippen LogP contribution in [0.15, 0.2) is 41.3 Å². The standard InChI is InChI=1S/C16H17NO3S.ClH/c18-11-1-3-12(4-2-11)21-9-14-13-8-16(20)15(19)7-10(13)5-6-17-14;/h1-4,7-8,14,17-20H,5-6,9H2;1H. The molecule has 1 aliphatic rings. The van der Waals surface area contributed by atoms with Crippen molar-refractivity contribution >= 4 is 24.2 Å². The molecule has 1 unspecified atom stereocenters. The number of aromatic hydroxyl groups is 3. The summed E-state index contributed by atoms with van der Waals surface area (Å²) in [6.07, 6.45) is 0.851. The van der Waals surface area contributed by atoms with Crippen molar-refractivity contribution in [2.75, 3.05) is 12.3 Å². The summed E-state index contributed by atoms with van der Waals surface area (Å²) in [7, 11) is 0. The molecular formula is C16H18ClNO3S. The number of thioether (sulfide) groups is 1. The highest BCUT2D eigenvalue weighted by Crippen LogP contribution is 2.35. The summed E-state index contributed by atoms with van der Waals surface area (Å²) in [6, 6.07) is 10.6. The maximum absolute atomic E-state index is 9.70. The minimum Gasteiger partial charge on any atom is -0.508 e. The van der Waals surface area contributed by atoms with Crippen molar-refractivity contribution in [2.24, 2.45) is 0 Å². The molecule has 4 N–H and O–H groups in total. The van der Waals surface area contributed by atoms with E-state index < -0.39 is 0 Å². The number of rotatable bonds is 3. The Balaban J connectivity index is 0.00000176. The lowest BCUT2D eigenvalue weighted by molar-refractivity contribution is 0.400. The molecule has 1 atom stereocenters. The Bertz CT molecular complexity index is 649. The number of phenolic OH excluding ortho intramolecular Hbond substituents is 3. The molecule has 118 valence electrons. The predicted molar refractivity (Wildman–Crippen MR) is 90.3 cm³/mol. The molecule has 6 heteroatoms. The van der Waals surface area contributed by atoms with Gasteiger partial charge in [0.25, 0.3) is 0 Å². The number of benzene rings is 2. The summed E-state index contributed by atoms with van der Waals surface area (Å²) >= 11 is 1.69. The van der Waals surface area contributed by atoms with E-state index in [1.807, 2.05) is 12.1 Å². The van der Waals surface area contributed by atoms with Crippen molar-refractivity contribution in [3.8, 4) is 17.2 Å². The average Bonchev–Trinajstić information content (AvgIpc) is 2.48. The van der Waals surface area contributed by atoms with E-state index in [1.54, 1.807) is 36.0 Å².